The summed E-state index contributed by atoms with van der Waals surface area (Å²) in [6.45, 7) is 10.8. The van der Waals surface area contributed by atoms with E-state index >= 15 is 0 Å². The summed E-state index contributed by atoms with van der Waals surface area (Å²) in [6.07, 6.45) is 14.6. The second-order valence-electron chi connectivity index (χ2n) is 10.1. The van der Waals surface area contributed by atoms with Crippen molar-refractivity contribution in [1.82, 2.24) is 15.1 Å². The van der Waals surface area contributed by atoms with E-state index in [0.29, 0.717) is 0 Å². The topological polar surface area (TPSA) is 27.7 Å². The molecule has 2 aliphatic heterocycles. The molecule has 4 nitrogen and oxygen atoms in total. The summed E-state index contributed by atoms with van der Waals surface area (Å²) in [5.74, 6) is 1.92. The highest BCUT2D eigenvalue weighted by Gasteiger charge is 2.22. The van der Waals surface area contributed by atoms with Crippen LogP contribution in [0.15, 0.2) is 18.2 Å². The Morgan fingerprint density at radius 1 is 0.839 bits per heavy atom. The zero-order valence-electron chi connectivity index (χ0n) is 19.8. The van der Waals surface area contributed by atoms with Crippen molar-refractivity contribution in [2.45, 2.75) is 70.6 Å². The summed E-state index contributed by atoms with van der Waals surface area (Å²) in [5.41, 5.74) is 3.09. The summed E-state index contributed by atoms with van der Waals surface area (Å²) in [7, 11) is 0. The minimum atomic E-state index is 0.815. The van der Waals surface area contributed by atoms with Gasteiger partial charge >= 0.3 is 0 Å². The molecule has 3 aliphatic rings. The second-order valence-corrected chi connectivity index (χ2v) is 10.1. The van der Waals surface area contributed by atoms with Crippen molar-refractivity contribution >= 4 is 0 Å². The Morgan fingerprint density at radius 2 is 1.58 bits per heavy atom. The normalized spacial score (nSPS) is 22.9. The lowest BCUT2D eigenvalue weighted by Gasteiger charge is -2.28. The van der Waals surface area contributed by atoms with Crippen LogP contribution in [0.5, 0.6) is 5.75 Å². The van der Waals surface area contributed by atoms with Crippen molar-refractivity contribution < 1.29 is 4.74 Å². The van der Waals surface area contributed by atoms with Crippen LogP contribution in [0.3, 0.4) is 0 Å². The van der Waals surface area contributed by atoms with Gasteiger partial charge in [-0.3, -0.25) is 0 Å². The van der Waals surface area contributed by atoms with E-state index < -0.39 is 0 Å². The molecule has 1 atom stereocenters. The predicted molar refractivity (Wildman–Crippen MR) is 130 cm³/mol. The molecule has 0 amide bonds. The van der Waals surface area contributed by atoms with Gasteiger partial charge in [0.05, 0.1) is 6.61 Å². The fourth-order valence-corrected chi connectivity index (χ4v) is 5.68. The average molecular weight is 428 g/mol. The predicted octanol–water partition coefficient (Wildman–Crippen LogP) is 4.51. The molecule has 2 heterocycles. The maximum atomic E-state index is 6.07. The van der Waals surface area contributed by atoms with Gasteiger partial charge in [-0.2, -0.15) is 0 Å². The number of nitrogens with zero attached hydrogens (tertiary/aromatic N) is 2. The molecule has 174 valence electrons. The van der Waals surface area contributed by atoms with Gasteiger partial charge in [0.25, 0.3) is 0 Å². The van der Waals surface area contributed by atoms with Gasteiger partial charge in [0.15, 0.2) is 0 Å². The molecule has 2 fully saturated rings. The fourth-order valence-electron chi connectivity index (χ4n) is 5.68. The largest absolute Gasteiger partial charge is 0.494 e. The number of benzene rings is 1. The van der Waals surface area contributed by atoms with Gasteiger partial charge < -0.3 is 19.9 Å². The first-order valence-electron chi connectivity index (χ1n) is 13.3. The Hall–Kier alpha value is -1.10. The van der Waals surface area contributed by atoms with Crippen molar-refractivity contribution in [3.63, 3.8) is 0 Å². The highest BCUT2D eigenvalue weighted by atomic mass is 16.5. The molecular weight excluding hydrogens is 382 g/mol. The second kappa shape index (κ2) is 12.8. The molecule has 0 spiro atoms. The molecule has 1 aliphatic carbocycles. The highest BCUT2D eigenvalue weighted by molar-refractivity contribution is 5.37. The third kappa shape index (κ3) is 7.76. The number of nitrogens with one attached hydrogen (secondary N) is 1. The number of rotatable bonds is 11. The molecule has 31 heavy (non-hydrogen) atoms. The lowest BCUT2D eigenvalue weighted by atomic mass is 9.83. The summed E-state index contributed by atoms with van der Waals surface area (Å²) in [5, 5.41) is 3.60. The molecule has 0 saturated carbocycles. The van der Waals surface area contributed by atoms with Crippen molar-refractivity contribution in [1.29, 1.82) is 0 Å². The van der Waals surface area contributed by atoms with Gasteiger partial charge in [-0.1, -0.05) is 18.9 Å². The molecule has 0 aromatic heterocycles. The number of hydrogen-bond acceptors (Lipinski definition) is 4. The number of aryl methyl sites for hydroxylation is 1. The molecule has 1 N–H and O–H groups in total. The van der Waals surface area contributed by atoms with Crippen molar-refractivity contribution in [3.8, 4) is 5.75 Å². The summed E-state index contributed by atoms with van der Waals surface area (Å²) < 4.78 is 6.07. The SMILES string of the molecule is c1cc2c(cc1OCCCNCCCN1CCCCCC1)CCC(CN1CCCC1)C2. The minimum absolute atomic E-state index is 0.815. The Labute approximate surface area is 190 Å². The standard InChI is InChI=1S/C27H45N3O/c1-2-4-16-29(15-3-1)19-7-13-28-14-8-20-31-27-12-11-25-21-24(9-10-26(25)22-27)23-30-17-5-6-18-30/h11-12,22,24,28H,1-10,13-21,23H2. The van der Waals surface area contributed by atoms with Crippen molar-refractivity contribution in [3.05, 3.63) is 29.3 Å². The van der Waals surface area contributed by atoms with Crippen LogP contribution in [0.4, 0.5) is 0 Å². The summed E-state index contributed by atoms with van der Waals surface area (Å²) in [6, 6.07) is 6.85. The van der Waals surface area contributed by atoms with Crippen LogP contribution < -0.4 is 10.1 Å². The van der Waals surface area contributed by atoms with E-state index in [1.807, 2.05) is 0 Å². The third-order valence-electron chi connectivity index (χ3n) is 7.52. The van der Waals surface area contributed by atoms with Crippen molar-refractivity contribution in [2.75, 3.05) is 59.0 Å². The Morgan fingerprint density at radius 3 is 2.42 bits per heavy atom. The van der Waals surface area contributed by atoms with Crippen LogP contribution in [0, 0.1) is 5.92 Å². The summed E-state index contributed by atoms with van der Waals surface area (Å²) >= 11 is 0. The number of likely N-dealkylation sites (tertiary alicyclic amines) is 2. The van der Waals surface area contributed by atoms with Crippen LogP contribution in [0.2, 0.25) is 0 Å². The van der Waals surface area contributed by atoms with Gasteiger partial charge in [-0.25, -0.2) is 0 Å². The molecular formula is C27H45N3O. The maximum absolute atomic E-state index is 6.07. The van der Waals surface area contributed by atoms with E-state index in [1.54, 1.807) is 5.56 Å². The van der Waals surface area contributed by atoms with E-state index in [2.05, 4.69) is 33.3 Å². The fraction of sp³-hybridized carbons (Fsp3) is 0.778. The van der Waals surface area contributed by atoms with Crippen LogP contribution in [0.1, 0.15) is 68.9 Å². The molecule has 4 rings (SSSR count). The summed E-state index contributed by atoms with van der Waals surface area (Å²) in [4.78, 5) is 5.33. The molecule has 1 unspecified atom stereocenters. The van der Waals surface area contributed by atoms with E-state index in [9.17, 15) is 0 Å². The maximum Gasteiger partial charge on any atom is 0.119 e. The number of fused-ring (bicyclic) bond motifs is 1. The first-order chi connectivity index (χ1) is 15.4. The Bertz CT molecular complexity index is 635. The Balaban J connectivity index is 1.06. The zero-order valence-corrected chi connectivity index (χ0v) is 19.8. The third-order valence-corrected chi connectivity index (χ3v) is 7.52. The zero-order chi connectivity index (χ0) is 21.1. The average Bonchev–Trinajstić information content (AvgIpc) is 3.16. The van der Waals surface area contributed by atoms with E-state index in [1.165, 1.54) is 109 Å². The quantitative estimate of drug-likeness (QED) is 0.526. The smallest absolute Gasteiger partial charge is 0.119 e. The van der Waals surface area contributed by atoms with Gasteiger partial charge in [0, 0.05) is 6.54 Å². The molecule has 1 aromatic rings. The lowest BCUT2D eigenvalue weighted by Crippen LogP contribution is -2.30. The van der Waals surface area contributed by atoms with Gasteiger partial charge in [0.2, 0.25) is 0 Å². The highest BCUT2D eigenvalue weighted by Crippen LogP contribution is 2.29. The van der Waals surface area contributed by atoms with Crippen LogP contribution in [-0.4, -0.2) is 68.8 Å². The monoisotopic (exact) mass is 427 g/mol. The van der Waals surface area contributed by atoms with Crippen molar-refractivity contribution in [2.24, 2.45) is 5.92 Å². The first-order valence-corrected chi connectivity index (χ1v) is 13.3. The van der Waals surface area contributed by atoms with E-state index in [4.69, 9.17) is 4.74 Å². The molecule has 2 saturated heterocycles. The van der Waals surface area contributed by atoms with Crippen LogP contribution >= 0.6 is 0 Å². The molecule has 1 aromatic carbocycles. The van der Waals surface area contributed by atoms with Crippen LogP contribution in [-0.2, 0) is 12.8 Å². The van der Waals surface area contributed by atoms with E-state index in [0.717, 1.165) is 37.8 Å². The Kier molecular flexibility index (Phi) is 9.54. The molecule has 0 bridgehead atoms. The number of ether oxygens (including phenoxy) is 1. The molecule has 0 radical (unpaired) electrons. The molecule has 4 heteroatoms. The lowest BCUT2D eigenvalue weighted by molar-refractivity contribution is 0.261. The van der Waals surface area contributed by atoms with E-state index in [-0.39, 0.29) is 0 Å². The van der Waals surface area contributed by atoms with Gasteiger partial charge in [0.1, 0.15) is 5.75 Å². The van der Waals surface area contributed by atoms with Crippen LogP contribution in [0.25, 0.3) is 0 Å². The number of hydrogen-bond donors (Lipinski definition) is 1. The van der Waals surface area contributed by atoms with Gasteiger partial charge in [-0.15, -0.1) is 0 Å². The van der Waals surface area contributed by atoms with Gasteiger partial charge in [-0.05, 0) is 133 Å². The minimum Gasteiger partial charge on any atom is -0.494 e. The first kappa shape index (κ1) is 23.1.